The van der Waals surface area contributed by atoms with Crippen LogP contribution in [0.5, 0.6) is 5.75 Å². The number of carboxylic acid groups (broad SMARTS) is 2. The molecule has 0 saturated heterocycles. The van der Waals surface area contributed by atoms with Gasteiger partial charge in [0.2, 0.25) is 0 Å². The first-order valence-corrected chi connectivity index (χ1v) is 21.9. The highest BCUT2D eigenvalue weighted by molar-refractivity contribution is 7.99. The van der Waals surface area contributed by atoms with Crippen molar-refractivity contribution in [2.45, 2.75) is 68.3 Å². The molecule has 5 heterocycles. The number of rotatable bonds is 10. The summed E-state index contributed by atoms with van der Waals surface area (Å²) in [4.78, 5) is 49.1. The number of benzene rings is 4. The van der Waals surface area contributed by atoms with Gasteiger partial charge in [0.25, 0.3) is 11.1 Å². The molecule has 2 aliphatic heterocycles. The first-order chi connectivity index (χ1) is 28.9. The predicted octanol–water partition coefficient (Wildman–Crippen LogP) is 9.27. The molecule has 1 unspecified atom stereocenters. The zero-order valence-electron chi connectivity index (χ0n) is 33.8. The second kappa shape index (κ2) is 16.9. The van der Waals surface area contributed by atoms with Crippen LogP contribution in [-0.4, -0.2) is 47.4 Å². The second-order valence-electron chi connectivity index (χ2n) is 15.6. The number of nitrogens with zero attached hydrogens (tertiary/aromatic N) is 3. The average Bonchev–Trinajstić information content (AvgIpc) is 3.96. The van der Waals surface area contributed by atoms with Gasteiger partial charge in [-0.1, -0.05) is 98.3 Å². The predicted molar refractivity (Wildman–Crippen MR) is 239 cm³/mol. The normalized spacial score (nSPS) is 15.5. The number of aliphatic carboxylic acids is 2. The van der Waals surface area contributed by atoms with Crippen LogP contribution in [0.3, 0.4) is 0 Å². The number of fused-ring (bicyclic) bond motifs is 4. The van der Waals surface area contributed by atoms with E-state index in [1.807, 2.05) is 73.9 Å². The van der Waals surface area contributed by atoms with E-state index in [4.69, 9.17) is 4.74 Å². The summed E-state index contributed by atoms with van der Waals surface area (Å²) in [7, 11) is 1.99. The summed E-state index contributed by atoms with van der Waals surface area (Å²) >= 11 is 2.91. The van der Waals surface area contributed by atoms with Gasteiger partial charge in [-0.05, 0) is 59.9 Å². The highest BCUT2D eigenvalue weighted by Gasteiger charge is 2.35. The number of hydrogen-bond acceptors (Lipinski definition) is 7. The van der Waals surface area contributed by atoms with E-state index >= 15 is 0 Å². The maximum absolute atomic E-state index is 13.1. The molecule has 0 bridgehead atoms. The Hall–Kier alpha value is -5.98. The largest absolute Gasteiger partial charge is 0.488 e. The summed E-state index contributed by atoms with van der Waals surface area (Å²) < 4.78 is 11.2. The van der Waals surface area contributed by atoms with Crippen molar-refractivity contribution in [1.82, 2.24) is 13.7 Å². The third-order valence-corrected chi connectivity index (χ3v) is 13.5. The van der Waals surface area contributed by atoms with Crippen LogP contribution in [0.15, 0.2) is 129 Å². The molecule has 60 heavy (non-hydrogen) atoms. The fraction of sp³-hybridized carbons (Fsp3) is 0.250. The number of aromatic nitrogens is 3. The van der Waals surface area contributed by atoms with Crippen molar-refractivity contribution in [1.29, 1.82) is 0 Å². The van der Waals surface area contributed by atoms with Crippen molar-refractivity contribution >= 4 is 57.1 Å². The maximum Gasteiger partial charge on any atom is 0.327 e. The van der Waals surface area contributed by atoms with Crippen LogP contribution >= 0.6 is 23.5 Å². The van der Waals surface area contributed by atoms with Gasteiger partial charge in [0.1, 0.15) is 24.4 Å². The number of aryl methyl sites for hydroxylation is 4. The van der Waals surface area contributed by atoms with Crippen molar-refractivity contribution in [3.8, 4) is 16.9 Å². The lowest BCUT2D eigenvalue weighted by molar-refractivity contribution is -0.141. The lowest BCUT2D eigenvalue weighted by Gasteiger charge is -2.19. The van der Waals surface area contributed by atoms with Gasteiger partial charge in [0.05, 0.1) is 10.1 Å². The Balaban J connectivity index is 0.000000177. The molecule has 0 fully saturated rings. The summed E-state index contributed by atoms with van der Waals surface area (Å²) in [6.07, 6.45) is 3.71. The summed E-state index contributed by atoms with van der Waals surface area (Å²) in [6.45, 7) is 6.47. The second-order valence-corrected chi connectivity index (χ2v) is 17.6. The van der Waals surface area contributed by atoms with Crippen molar-refractivity contribution in [3.63, 3.8) is 0 Å². The van der Waals surface area contributed by atoms with Crippen molar-refractivity contribution in [3.05, 3.63) is 158 Å². The molecule has 7 aromatic rings. The maximum atomic E-state index is 13.1. The van der Waals surface area contributed by atoms with Crippen LogP contribution < -0.4 is 15.9 Å². The Morgan fingerprint density at radius 1 is 0.750 bits per heavy atom. The minimum Gasteiger partial charge on any atom is -0.488 e. The summed E-state index contributed by atoms with van der Waals surface area (Å²) in [6, 6.07) is 32.0. The van der Waals surface area contributed by atoms with Gasteiger partial charge in [-0.15, -0.1) is 23.5 Å². The molecule has 0 amide bonds. The number of hydrogen-bond donors (Lipinski definition) is 2. The highest BCUT2D eigenvalue weighted by Crippen LogP contribution is 2.44. The van der Waals surface area contributed by atoms with E-state index in [1.54, 1.807) is 6.07 Å². The molecule has 4 aromatic carbocycles. The van der Waals surface area contributed by atoms with Crippen LogP contribution in [0.25, 0.3) is 32.8 Å². The van der Waals surface area contributed by atoms with E-state index in [9.17, 15) is 29.4 Å². The summed E-state index contributed by atoms with van der Waals surface area (Å²) in [5.41, 5.74) is 7.76. The van der Waals surface area contributed by atoms with E-state index < -0.39 is 24.0 Å². The zero-order chi connectivity index (χ0) is 42.2. The molecule has 9 rings (SSSR count). The van der Waals surface area contributed by atoms with E-state index in [1.165, 1.54) is 49.9 Å². The first kappa shape index (κ1) is 40.8. The highest BCUT2D eigenvalue weighted by atomic mass is 32.2. The van der Waals surface area contributed by atoms with E-state index in [-0.39, 0.29) is 23.6 Å². The van der Waals surface area contributed by atoms with Crippen molar-refractivity contribution < 1.29 is 24.5 Å². The minimum absolute atomic E-state index is 0.188. The first-order valence-electron chi connectivity index (χ1n) is 19.9. The van der Waals surface area contributed by atoms with Gasteiger partial charge in [-0.2, -0.15) is 0 Å². The summed E-state index contributed by atoms with van der Waals surface area (Å²) in [5, 5.41) is 23.8. The molecule has 3 aromatic heterocycles. The molecule has 306 valence electrons. The SMILES string of the molecule is Cc1cccc(CCc2cc(=O)n3c(c2C(C)C)SC[C@H]3C(=O)O)c1.Cn1cc(-c2c(COc3cccc4ccccc34)cc(=O)n3c2SCC3C(=O)O)c2ccccc21. The summed E-state index contributed by atoms with van der Waals surface area (Å²) in [5.74, 6) is -0.211. The Morgan fingerprint density at radius 3 is 2.07 bits per heavy atom. The van der Waals surface area contributed by atoms with Gasteiger partial charge in [-0.25, -0.2) is 9.59 Å². The lowest BCUT2D eigenvalue weighted by Crippen LogP contribution is -2.29. The number of carbonyl (C=O) groups is 2. The molecule has 0 spiro atoms. The molecule has 0 radical (unpaired) electrons. The number of carboxylic acids is 2. The van der Waals surface area contributed by atoms with Gasteiger partial charge in [-0.3, -0.25) is 18.7 Å². The topological polar surface area (TPSA) is 133 Å². The van der Waals surface area contributed by atoms with E-state index in [0.717, 1.165) is 73.1 Å². The molecule has 10 nitrogen and oxygen atoms in total. The zero-order valence-corrected chi connectivity index (χ0v) is 35.4. The molecule has 0 aliphatic carbocycles. The van der Waals surface area contributed by atoms with Crippen LogP contribution in [-0.2, 0) is 36.1 Å². The molecule has 2 N–H and O–H groups in total. The van der Waals surface area contributed by atoms with E-state index in [2.05, 4.69) is 55.7 Å². The van der Waals surface area contributed by atoms with Gasteiger partial charge in [0, 0.05) is 69.9 Å². The number of thioether (sulfide) groups is 2. The van der Waals surface area contributed by atoms with Crippen LogP contribution in [0, 0.1) is 6.92 Å². The molecular weight excluding hydrogens is 795 g/mol. The van der Waals surface area contributed by atoms with E-state index in [0.29, 0.717) is 16.5 Å². The standard InChI is InChI=1S/C28H22N2O4S.C20H23NO3S/c1-29-14-21(20-10-4-5-11-22(20)29)26-18(13-25(31)30-23(28(32)33)16-35-27(26)30)15-34-24-12-6-8-17-7-2-3-9-19(17)24;1-12(2)18-15(8-7-14-6-4-5-13(3)9-14)10-17(22)21-16(20(23)24)11-25-19(18)21/h2-14,23H,15-16H2,1H3,(H,32,33);4-6,9-10,12,16H,7-8,11H2,1-3H3,(H,23,24)/t;16-/m.0/s1. The van der Waals surface area contributed by atoms with Crippen LogP contribution in [0.1, 0.15) is 59.7 Å². The average molecular weight is 840 g/mol. The monoisotopic (exact) mass is 839 g/mol. The van der Waals surface area contributed by atoms with Crippen molar-refractivity contribution in [2.24, 2.45) is 7.05 Å². The third-order valence-electron chi connectivity index (χ3n) is 11.2. The molecule has 2 atom stereocenters. The van der Waals surface area contributed by atoms with Crippen LogP contribution in [0.4, 0.5) is 0 Å². The number of pyridine rings is 2. The molecule has 2 aliphatic rings. The smallest absolute Gasteiger partial charge is 0.327 e. The number of ether oxygens (including phenoxy) is 1. The fourth-order valence-corrected chi connectivity index (χ4v) is 11.2. The number of para-hydroxylation sites is 1. The van der Waals surface area contributed by atoms with Gasteiger partial charge >= 0.3 is 11.9 Å². The lowest BCUT2D eigenvalue weighted by atomic mass is 9.94. The quantitative estimate of drug-likeness (QED) is 0.138. The van der Waals surface area contributed by atoms with Crippen molar-refractivity contribution in [2.75, 3.05) is 11.5 Å². The molecule has 0 saturated carbocycles. The Morgan fingerprint density at radius 2 is 1.37 bits per heavy atom. The van der Waals surface area contributed by atoms with Gasteiger partial charge < -0.3 is 19.5 Å². The minimum atomic E-state index is -0.998. The van der Waals surface area contributed by atoms with Gasteiger partial charge in [0.15, 0.2) is 0 Å². The fourth-order valence-electron chi connectivity index (χ4n) is 8.41. The third kappa shape index (κ3) is 7.77. The molecule has 12 heteroatoms. The Labute approximate surface area is 355 Å². The Bertz CT molecular complexity index is 2920. The molecular formula is C48H45N3O7S2. The van der Waals surface area contributed by atoms with Crippen LogP contribution in [0.2, 0.25) is 0 Å². The Kier molecular flexibility index (Phi) is 11.5.